The molecule has 2 aromatic rings. The Kier molecular flexibility index (Phi) is 4.59. The third kappa shape index (κ3) is 3.28. The molecule has 1 aliphatic heterocycles. The molecule has 0 atom stereocenters. The molecule has 25 heavy (non-hydrogen) atoms. The molecule has 0 fully saturated rings. The SMILES string of the molecule is CC(=O)Oc1c(C)c(C)c2c(c1C)C=C(C(=O)Nc1nccs1)CO2. The van der Waals surface area contributed by atoms with Gasteiger partial charge in [-0.2, -0.15) is 0 Å². The van der Waals surface area contributed by atoms with Crippen molar-refractivity contribution in [2.75, 3.05) is 11.9 Å². The lowest BCUT2D eigenvalue weighted by atomic mass is 9.94. The molecule has 2 heterocycles. The van der Waals surface area contributed by atoms with Crippen molar-refractivity contribution in [3.63, 3.8) is 0 Å². The minimum Gasteiger partial charge on any atom is -0.488 e. The van der Waals surface area contributed by atoms with Crippen LogP contribution in [0.1, 0.15) is 29.2 Å². The Labute approximate surface area is 149 Å². The molecule has 0 unspecified atom stereocenters. The Morgan fingerprint density at radius 1 is 1.24 bits per heavy atom. The molecule has 1 N–H and O–H groups in total. The Morgan fingerprint density at radius 3 is 2.64 bits per heavy atom. The summed E-state index contributed by atoms with van der Waals surface area (Å²) in [6.07, 6.45) is 3.42. The van der Waals surface area contributed by atoms with E-state index in [0.29, 0.717) is 16.5 Å². The van der Waals surface area contributed by atoms with Crippen LogP contribution in [0.3, 0.4) is 0 Å². The second-order valence-electron chi connectivity index (χ2n) is 5.79. The topological polar surface area (TPSA) is 77.5 Å². The van der Waals surface area contributed by atoms with E-state index >= 15 is 0 Å². The fourth-order valence-corrected chi connectivity index (χ4v) is 3.26. The molecule has 130 valence electrons. The molecule has 0 saturated heterocycles. The third-order valence-electron chi connectivity index (χ3n) is 4.11. The zero-order valence-electron chi connectivity index (χ0n) is 14.4. The predicted octanol–water partition coefficient (Wildman–Crippen LogP) is 3.41. The lowest BCUT2D eigenvalue weighted by Crippen LogP contribution is -2.22. The van der Waals surface area contributed by atoms with Crippen molar-refractivity contribution in [1.82, 2.24) is 4.98 Å². The summed E-state index contributed by atoms with van der Waals surface area (Å²) in [6, 6.07) is 0. The van der Waals surface area contributed by atoms with Gasteiger partial charge in [0.1, 0.15) is 18.1 Å². The first-order valence-electron chi connectivity index (χ1n) is 7.75. The average molecular weight is 358 g/mol. The second kappa shape index (κ2) is 6.68. The number of esters is 1. The van der Waals surface area contributed by atoms with Crippen LogP contribution in [0.2, 0.25) is 0 Å². The van der Waals surface area contributed by atoms with E-state index in [9.17, 15) is 9.59 Å². The molecule has 1 amide bonds. The van der Waals surface area contributed by atoms with Gasteiger partial charge in [0.2, 0.25) is 0 Å². The molecule has 1 aliphatic rings. The van der Waals surface area contributed by atoms with E-state index in [1.165, 1.54) is 18.3 Å². The van der Waals surface area contributed by atoms with Crippen LogP contribution in [-0.4, -0.2) is 23.5 Å². The minimum atomic E-state index is -0.381. The Morgan fingerprint density at radius 2 is 2.00 bits per heavy atom. The number of nitrogens with zero attached hydrogens (tertiary/aromatic N) is 1. The maximum Gasteiger partial charge on any atom is 0.308 e. The van der Waals surface area contributed by atoms with Crippen molar-refractivity contribution in [3.05, 3.63) is 39.4 Å². The standard InChI is InChI=1S/C18H18N2O4S/c1-9-10(2)16-14(11(3)15(9)24-12(4)21)7-13(8-23-16)17(22)20-18-19-5-6-25-18/h5-7H,8H2,1-4H3,(H,19,20,22). The molecule has 0 saturated carbocycles. The van der Waals surface area contributed by atoms with Gasteiger partial charge in [0.05, 0.1) is 5.57 Å². The van der Waals surface area contributed by atoms with Crippen LogP contribution in [0.4, 0.5) is 5.13 Å². The molecule has 0 bridgehead atoms. The number of hydrogen-bond donors (Lipinski definition) is 1. The first-order chi connectivity index (χ1) is 11.9. The van der Waals surface area contributed by atoms with Crippen molar-refractivity contribution in [2.45, 2.75) is 27.7 Å². The molecule has 1 aromatic heterocycles. The highest BCUT2D eigenvalue weighted by Crippen LogP contribution is 2.41. The van der Waals surface area contributed by atoms with Gasteiger partial charge in [0.25, 0.3) is 5.91 Å². The van der Waals surface area contributed by atoms with E-state index in [4.69, 9.17) is 9.47 Å². The molecular formula is C18H18N2O4S. The van der Waals surface area contributed by atoms with E-state index in [0.717, 1.165) is 28.0 Å². The first kappa shape index (κ1) is 17.2. The molecule has 6 nitrogen and oxygen atoms in total. The van der Waals surface area contributed by atoms with Crippen LogP contribution in [0.5, 0.6) is 11.5 Å². The van der Waals surface area contributed by atoms with Crippen LogP contribution in [0.25, 0.3) is 6.08 Å². The van der Waals surface area contributed by atoms with Crippen molar-refractivity contribution >= 4 is 34.4 Å². The smallest absolute Gasteiger partial charge is 0.308 e. The number of amides is 1. The fourth-order valence-electron chi connectivity index (χ4n) is 2.73. The molecule has 0 radical (unpaired) electrons. The monoisotopic (exact) mass is 358 g/mol. The third-order valence-corrected chi connectivity index (χ3v) is 4.80. The van der Waals surface area contributed by atoms with Crippen molar-refractivity contribution in [3.8, 4) is 11.5 Å². The van der Waals surface area contributed by atoms with Gasteiger partial charge in [0.15, 0.2) is 5.13 Å². The van der Waals surface area contributed by atoms with Crippen LogP contribution >= 0.6 is 11.3 Å². The van der Waals surface area contributed by atoms with Gasteiger partial charge in [-0.1, -0.05) is 0 Å². The van der Waals surface area contributed by atoms with Crippen LogP contribution in [0, 0.1) is 20.8 Å². The highest BCUT2D eigenvalue weighted by atomic mass is 32.1. The van der Waals surface area contributed by atoms with Gasteiger partial charge in [-0.15, -0.1) is 11.3 Å². The largest absolute Gasteiger partial charge is 0.488 e. The summed E-state index contributed by atoms with van der Waals surface area (Å²) in [6.45, 7) is 7.20. The van der Waals surface area contributed by atoms with Crippen LogP contribution in [0.15, 0.2) is 17.2 Å². The number of fused-ring (bicyclic) bond motifs is 1. The van der Waals surface area contributed by atoms with Crippen molar-refractivity contribution in [1.29, 1.82) is 0 Å². The number of aromatic nitrogens is 1. The number of anilines is 1. The van der Waals surface area contributed by atoms with E-state index in [1.54, 1.807) is 17.7 Å². The van der Waals surface area contributed by atoms with Gasteiger partial charge in [-0.25, -0.2) is 4.98 Å². The molecule has 7 heteroatoms. The highest BCUT2D eigenvalue weighted by molar-refractivity contribution is 7.13. The number of ether oxygens (including phenoxy) is 2. The molecule has 0 spiro atoms. The van der Waals surface area contributed by atoms with Gasteiger partial charge in [-0.05, 0) is 38.0 Å². The van der Waals surface area contributed by atoms with Gasteiger partial charge < -0.3 is 9.47 Å². The zero-order chi connectivity index (χ0) is 18.1. The van der Waals surface area contributed by atoms with E-state index in [2.05, 4.69) is 10.3 Å². The number of carbonyl (C=O) groups is 2. The highest BCUT2D eigenvalue weighted by Gasteiger charge is 2.25. The normalized spacial score (nSPS) is 12.7. The summed E-state index contributed by atoms with van der Waals surface area (Å²) in [7, 11) is 0. The average Bonchev–Trinajstić information content (AvgIpc) is 3.09. The Hall–Kier alpha value is -2.67. The molecule has 3 rings (SSSR count). The number of rotatable bonds is 3. The van der Waals surface area contributed by atoms with E-state index < -0.39 is 0 Å². The van der Waals surface area contributed by atoms with Gasteiger partial charge in [0, 0.05) is 29.6 Å². The fraction of sp³-hybridized carbons (Fsp3) is 0.278. The number of nitrogens with one attached hydrogen (secondary N) is 1. The summed E-state index contributed by atoms with van der Waals surface area (Å²) >= 11 is 1.35. The lowest BCUT2D eigenvalue weighted by Gasteiger charge is -2.24. The summed E-state index contributed by atoms with van der Waals surface area (Å²) in [5, 5.41) is 5.08. The quantitative estimate of drug-likeness (QED) is 0.672. The summed E-state index contributed by atoms with van der Waals surface area (Å²) < 4.78 is 11.2. The first-order valence-corrected chi connectivity index (χ1v) is 8.62. The minimum absolute atomic E-state index is 0.177. The molecule has 0 aliphatic carbocycles. The number of hydrogen-bond acceptors (Lipinski definition) is 6. The maximum atomic E-state index is 12.4. The van der Waals surface area contributed by atoms with Gasteiger partial charge in [-0.3, -0.25) is 14.9 Å². The summed E-state index contributed by atoms with van der Waals surface area (Å²) in [5.74, 6) is 0.599. The summed E-state index contributed by atoms with van der Waals surface area (Å²) in [5.41, 5.74) is 3.77. The van der Waals surface area contributed by atoms with E-state index in [-0.39, 0.29) is 18.5 Å². The van der Waals surface area contributed by atoms with Crippen molar-refractivity contribution < 1.29 is 19.1 Å². The summed E-state index contributed by atoms with van der Waals surface area (Å²) in [4.78, 5) is 27.9. The van der Waals surface area contributed by atoms with E-state index in [1.807, 2.05) is 20.8 Å². The number of carbonyl (C=O) groups excluding carboxylic acids is 2. The Bertz CT molecular complexity index is 885. The van der Waals surface area contributed by atoms with Crippen LogP contribution < -0.4 is 14.8 Å². The predicted molar refractivity (Wildman–Crippen MR) is 96.2 cm³/mol. The van der Waals surface area contributed by atoms with Crippen LogP contribution in [-0.2, 0) is 9.59 Å². The number of thiazole rings is 1. The molecular weight excluding hydrogens is 340 g/mol. The number of benzene rings is 1. The van der Waals surface area contributed by atoms with Gasteiger partial charge >= 0.3 is 5.97 Å². The molecule has 1 aromatic carbocycles. The maximum absolute atomic E-state index is 12.4. The zero-order valence-corrected chi connectivity index (χ0v) is 15.2. The van der Waals surface area contributed by atoms with Crippen molar-refractivity contribution in [2.24, 2.45) is 0 Å². The Balaban J connectivity index is 2.01. The second-order valence-corrected chi connectivity index (χ2v) is 6.68. The lowest BCUT2D eigenvalue weighted by molar-refractivity contribution is -0.132.